The molecule has 1 aliphatic heterocycles. The van der Waals surface area contributed by atoms with E-state index in [1.54, 1.807) is 0 Å². The number of rotatable bonds is 2. The fourth-order valence-electron chi connectivity index (χ4n) is 2.48. The van der Waals surface area contributed by atoms with E-state index < -0.39 is 12.5 Å². The third-order valence-corrected chi connectivity index (χ3v) is 3.20. The fraction of sp³-hybridized carbons (Fsp3) is 0.700. The van der Waals surface area contributed by atoms with E-state index >= 15 is 0 Å². The average Bonchev–Trinajstić information content (AvgIpc) is 2.22. The van der Waals surface area contributed by atoms with Crippen molar-refractivity contribution in [1.29, 1.82) is 0 Å². The highest BCUT2D eigenvalue weighted by atomic mass is 16.4. The van der Waals surface area contributed by atoms with Gasteiger partial charge in [-0.15, -0.1) is 0 Å². The van der Waals surface area contributed by atoms with E-state index in [9.17, 15) is 14.4 Å². The molecule has 2 atom stereocenters. The number of amides is 2. The van der Waals surface area contributed by atoms with Crippen LogP contribution in [0.25, 0.3) is 0 Å². The number of piperidine rings is 1. The van der Waals surface area contributed by atoms with Crippen molar-refractivity contribution in [3.8, 4) is 0 Å². The summed E-state index contributed by atoms with van der Waals surface area (Å²) in [5.74, 6) is -1.96. The molecule has 1 saturated carbocycles. The molecule has 1 aliphatic carbocycles. The Labute approximate surface area is 87.1 Å². The lowest BCUT2D eigenvalue weighted by atomic mass is 9.77. The predicted molar refractivity (Wildman–Crippen MR) is 49.8 cm³/mol. The molecule has 2 bridgehead atoms. The highest BCUT2D eigenvalue weighted by molar-refractivity contribution is 6.02. The molecule has 1 N–H and O–H groups in total. The Morgan fingerprint density at radius 3 is 2.27 bits per heavy atom. The molecule has 0 aromatic heterocycles. The van der Waals surface area contributed by atoms with Gasteiger partial charge < -0.3 is 5.11 Å². The molecule has 1 saturated heterocycles. The van der Waals surface area contributed by atoms with Crippen LogP contribution in [0.2, 0.25) is 0 Å². The molecule has 1 heterocycles. The van der Waals surface area contributed by atoms with Crippen LogP contribution in [-0.4, -0.2) is 34.3 Å². The molecule has 15 heavy (non-hydrogen) atoms. The maximum atomic E-state index is 11.7. The molecule has 0 aromatic carbocycles. The molecular weight excluding hydrogens is 198 g/mol. The van der Waals surface area contributed by atoms with Crippen molar-refractivity contribution < 1.29 is 19.5 Å². The van der Waals surface area contributed by atoms with Gasteiger partial charge in [-0.05, 0) is 19.3 Å². The van der Waals surface area contributed by atoms with Crippen molar-refractivity contribution in [2.75, 3.05) is 6.54 Å². The summed E-state index contributed by atoms with van der Waals surface area (Å²) in [6.45, 7) is -0.481. The van der Waals surface area contributed by atoms with Crippen LogP contribution in [0.15, 0.2) is 0 Å². The van der Waals surface area contributed by atoms with Crippen LogP contribution < -0.4 is 0 Å². The normalized spacial score (nSPS) is 30.5. The molecular formula is C10H13NO4. The third kappa shape index (κ3) is 1.73. The topological polar surface area (TPSA) is 74.7 Å². The van der Waals surface area contributed by atoms with Crippen LogP contribution in [0.4, 0.5) is 0 Å². The zero-order chi connectivity index (χ0) is 11.0. The first-order chi connectivity index (χ1) is 7.09. The number of hydrogen-bond acceptors (Lipinski definition) is 3. The summed E-state index contributed by atoms with van der Waals surface area (Å²) in [4.78, 5) is 34.9. The van der Waals surface area contributed by atoms with Crippen molar-refractivity contribution in [1.82, 2.24) is 4.90 Å². The standard InChI is InChI=1S/C10H13NO4/c12-8(13)5-11-9(14)6-2-1-3-7(4-6)10(11)15/h6-7H,1-5H2,(H,12,13). The van der Waals surface area contributed by atoms with Gasteiger partial charge >= 0.3 is 5.97 Å². The van der Waals surface area contributed by atoms with E-state index in [4.69, 9.17) is 5.11 Å². The van der Waals surface area contributed by atoms with Gasteiger partial charge in [-0.2, -0.15) is 0 Å². The van der Waals surface area contributed by atoms with Gasteiger partial charge in [-0.3, -0.25) is 19.3 Å². The Bertz CT molecular complexity index is 303. The van der Waals surface area contributed by atoms with Crippen LogP contribution in [0.3, 0.4) is 0 Å². The first-order valence-electron chi connectivity index (χ1n) is 5.16. The van der Waals surface area contributed by atoms with Crippen LogP contribution in [-0.2, 0) is 14.4 Å². The maximum Gasteiger partial charge on any atom is 0.323 e. The number of carbonyl (C=O) groups excluding carboxylic acids is 2. The molecule has 0 aromatic rings. The Kier molecular flexibility index (Phi) is 2.46. The van der Waals surface area contributed by atoms with Gasteiger partial charge in [0.1, 0.15) is 6.54 Å². The summed E-state index contributed by atoms with van der Waals surface area (Å²) in [7, 11) is 0. The minimum Gasteiger partial charge on any atom is -0.480 e. The van der Waals surface area contributed by atoms with Crippen LogP contribution >= 0.6 is 0 Å². The van der Waals surface area contributed by atoms with Gasteiger partial charge in [0.05, 0.1) is 0 Å². The Hall–Kier alpha value is -1.39. The van der Waals surface area contributed by atoms with Crippen molar-refractivity contribution in [3.05, 3.63) is 0 Å². The summed E-state index contributed by atoms with van der Waals surface area (Å²) in [6, 6.07) is 0. The molecule has 5 nitrogen and oxygen atoms in total. The number of carboxylic acids is 1. The quantitative estimate of drug-likeness (QED) is 0.664. The van der Waals surface area contributed by atoms with Gasteiger partial charge in [0, 0.05) is 11.8 Å². The number of imide groups is 1. The van der Waals surface area contributed by atoms with E-state index in [1.165, 1.54) is 0 Å². The first kappa shape index (κ1) is 10.1. The molecule has 82 valence electrons. The van der Waals surface area contributed by atoms with Crippen LogP contribution in [0.5, 0.6) is 0 Å². The van der Waals surface area contributed by atoms with Crippen molar-refractivity contribution in [2.24, 2.45) is 11.8 Å². The lowest BCUT2D eigenvalue weighted by molar-refractivity contribution is -0.162. The van der Waals surface area contributed by atoms with Crippen molar-refractivity contribution in [3.63, 3.8) is 0 Å². The van der Waals surface area contributed by atoms with Crippen molar-refractivity contribution >= 4 is 17.8 Å². The van der Waals surface area contributed by atoms with E-state index in [0.717, 1.165) is 24.2 Å². The highest BCUT2D eigenvalue weighted by Gasteiger charge is 2.43. The largest absolute Gasteiger partial charge is 0.480 e. The monoisotopic (exact) mass is 211 g/mol. The van der Waals surface area contributed by atoms with Gasteiger partial charge in [-0.25, -0.2) is 0 Å². The highest BCUT2D eigenvalue weighted by Crippen LogP contribution is 2.35. The van der Waals surface area contributed by atoms with Gasteiger partial charge in [-0.1, -0.05) is 6.42 Å². The Morgan fingerprint density at radius 2 is 1.80 bits per heavy atom. The molecule has 0 radical (unpaired) electrons. The molecule has 5 heteroatoms. The second-order valence-electron chi connectivity index (χ2n) is 4.22. The van der Waals surface area contributed by atoms with Gasteiger partial charge in [0.2, 0.25) is 11.8 Å². The molecule has 2 aliphatic rings. The van der Waals surface area contributed by atoms with Crippen LogP contribution in [0, 0.1) is 11.8 Å². The van der Waals surface area contributed by atoms with E-state index in [2.05, 4.69) is 0 Å². The zero-order valence-electron chi connectivity index (χ0n) is 8.31. The lowest BCUT2D eigenvalue weighted by Gasteiger charge is -2.38. The second-order valence-corrected chi connectivity index (χ2v) is 4.22. The van der Waals surface area contributed by atoms with Crippen molar-refractivity contribution in [2.45, 2.75) is 25.7 Å². The minimum atomic E-state index is -1.13. The number of likely N-dealkylation sites (tertiary alicyclic amines) is 1. The molecule has 2 fully saturated rings. The Morgan fingerprint density at radius 1 is 1.27 bits per heavy atom. The third-order valence-electron chi connectivity index (χ3n) is 3.20. The molecule has 2 amide bonds. The fourth-order valence-corrected chi connectivity index (χ4v) is 2.48. The van der Waals surface area contributed by atoms with E-state index in [-0.39, 0.29) is 23.7 Å². The molecule has 0 spiro atoms. The van der Waals surface area contributed by atoms with E-state index in [1.807, 2.05) is 0 Å². The molecule has 2 unspecified atom stereocenters. The SMILES string of the molecule is O=C(O)CN1C(=O)C2CCCC(C2)C1=O. The first-order valence-corrected chi connectivity index (χ1v) is 5.16. The van der Waals surface area contributed by atoms with Gasteiger partial charge in [0.15, 0.2) is 0 Å². The maximum absolute atomic E-state index is 11.7. The summed E-state index contributed by atoms with van der Waals surface area (Å²) in [5.41, 5.74) is 0. The zero-order valence-corrected chi connectivity index (χ0v) is 8.31. The lowest BCUT2D eigenvalue weighted by Crippen LogP contribution is -2.52. The summed E-state index contributed by atoms with van der Waals surface area (Å²) in [6.07, 6.45) is 3.10. The summed E-state index contributed by atoms with van der Waals surface area (Å²) < 4.78 is 0. The minimum absolute atomic E-state index is 0.124. The second kappa shape index (κ2) is 3.64. The average molecular weight is 211 g/mol. The summed E-state index contributed by atoms with van der Waals surface area (Å²) >= 11 is 0. The van der Waals surface area contributed by atoms with Gasteiger partial charge in [0.25, 0.3) is 0 Å². The van der Waals surface area contributed by atoms with E-state index in [0.29, 0.717) is 6.42 Å². The smallest absolute Gasteiger partial charge is 0.323 e. The Balaban J connectivity index is 2.18. The number of fused-ring (bicyclic) bond motifs is 2. The number of carbonyl (C=O) groups is 3. The van der Waals surface area contributed by atoms with Crippen LogP contribution in [0.1, 0.15) is 25.7 Å². The predicted octanol–water partition coefficient (Wildman–Crippen LogP) is 0.246. The number of nitrogens with zero attached hydrogens (tertiary/aromatic N) is 1. The number of carboxylic acid groups (broad SMARTS) is 1. The number of aliphatic carboxylic acids is 1. The summed E-state index contributed by atoms with van der Waals surface area (Å²) in [5, 5.41) is 8.62. The number of hydrogen-bond donors (Lipinski definition) is 1. The molecule has 2 rings (SSSR count).